The lowest BCUT2D eigenvalue weighted by Crippen LogP contribution is -2.34. The summed E-state index contributed by atoms with van der Waals surface area (Å²) < 4.78 is 6.01. The molecule has 0 aromatic heterocycles. The smallest absolute Gasteiger partial charge is 0.303 e. The van der Waals surface area contributed by atoms with Crippen molar-refractivity contribution in [3.05, 3.63) is 12.2 Å². The van der Waals surface area contributed by atoms with Gasteiger partial charge in [-0.1, -0.05) is 6.08 Å². The molecule has 1 aliphatic carbocycles. The van der Waals surface area contributed by atoms with Gasteiger partial charge in [0.05, 0.1) is 18.6 Å². The van der Waals surface area contributed by atoms with Gasteiger partial charge in [0.2, 0.25) is 0 Å². The zero-order chi connectivity index (χ0) is 14.6. The van der Waals surface area contributed by atoms with E-state index in [-0.39, 0.29) is 18.4 Å². The molecule has 0 unspecified atom stereocenters. The number of carboxylic acid groups (broad SMARTS) is 1. The van der Waals surface area contributed by atoms with Crippen molar-refractivity contribution < 1.29 is 24.2 Å². The molecule has 0 aromatic rings. The highest BCUT2D eigenvalue weighted by Gasteiger charge is 2.44. The van der Waals surface area contributed by atoms with E-state index in [1.54, 1.807) is 6.08 Å². The molecule has 5 nitrogen and oxygen atoms in total. The summed E-state index contributed by atoms with van der Waals surface area (Å²) in [5.74, 6) is -1.56. The van der Waals surface area contributed by atoms with Crippen LogP contribution in [0.2, 0.25) is 19.6 Å². The van der Waals surface area contributed by atoms with Crippen LogP contribution in [-0.4, -0.2) is 43.0 Å². The molecule has 6 heteroatoms. The van der Waals surface area contributed by atoms with Crippen molar-refractivity contribution in [3.63, 3.8) is 0 Å². The van der Waals surface area contributed by atoms with Gasteiger partial charge < -0.3 is 14.6 Å². The summed E-state index contributed by atoms with van der Waals surface area (Å²) in [6.45, 7) is 6.14. The first-order chi connectivity index (χ1) is 8.74. The van der Waals surface area contributed by atoms with Crippen LogP contribution < -0.4 is 0 Å². The predicted octanol–water partition coefficient (Wildman–Crippen LogP) is 1.43. The molecule has 0 aliphatic heterocycles. The first-order valence-electron chi connectivity index (χ1n) is 6.44. The second kappa shape index (κ2) is 6.45. The number of carbonyl (C=O) groups excluding carboxylic acids is 1. The minimum Gasteiger partial charge on any atom is -0.481 e. The highest BCUT2D eigenvalue weighted by Crippen LogP contribution is 2.38. The monoisotopic (exact) mass is 286 g/mol. The third-order valence-electron chi connectivity index (χ3n) is 3.22. The first kappa shape index (κ1) is 16.1. The molecule has 0 aromatic carbocycles. The van der Waals surface area contributed by atoms with Crippen LogP contribution in [0.5, 0.6) is 0 Å². The molecular formula is C13H22O5Si. The summed E-state index contributed by atoms with van der Waals surface area (Å²) in [5.41, 5.74) is 0. The predicted molar refractivity (Wildman–Crippen MR) is 73.3 cm³/mol. The molecule has 1 aliphatic rings. The Bertz CT molecular complexity index is 361. The maximum Gasteiger partial charge on any atom is 0.303 e. The van der Waals surface area contributed by atoms with Crippen molar-refractivity contribution in [2.24, 2.45) is 11.8 Å². The van der Waals surface area contributed by atoms with Crippen molar-refractivity contribution in [2.75, 3.05) is 0 Å². The topological polar surface area (TPSA) is 83.8 Å². The normalized spacial score (nSPS) is 31.8. The number of aliphatic carboxylic acids is 1. The maximum absolute atomic E-state index is 10.9. The largest absolute Gasteiger partial charge is 0.481 e. The van der Waals surface area contributed by atoms with E-state index in [9.17, 15) is 14.7 Å². The summed E-state index contributed by atoms with van der Waals surface area (Å²) in [7, 11) is -1.78. The molecule has 0 bridgehead atoms. The third kappa shape index (κ3) is 4.89. The lowest BCUT2D eigenvalue weighted by molar-refractivity contribution is -0.139. The number of carbonyl (C=O) groups is 2. The summed E-state index contributed by atoms with van der Waals surface area (Å²) in [6.07, 6.45) is 3.10. The number of rotatable bonds is 6. The molecule has 19 heavy (non-hydrogen) atoms. The van der Waals surface area contributed by atoms with Gasteiger partial charge >= 0.3 is 5.97 Å². The van der Waals surface area contributed by atoms with Gasteiger partial charge in [0.25, 0.3) is 0 Å². The van der Waals surface area contributed by atoms with E-state index in [1.807, 2.05) is 19.6 Å². The molecule has 2 N–H and O–H groups in total. The van der Waals surface area contributed by atoms with Crippen LogP contribution in [-0.2, 0) is 14.0 Å². The average molecular weight is 286 g/mol. The fraction of sp³-hybridized carbons (Fsp3) is 0.692. The van der Waals surface area contributed by atoms with Crippen LogP contribution in [0.25, 0.3) is 0 Å². The number of carboxylic acids is 1. The fourth-order valence-corrected chi connectivity index (χ4v) is 3.76. The number of hydrogen-bond donors (Lipinski definition) is 2. The van der Waals surface area contributed by atoms with Gasteiger partial charge in [0.15, 0.2) is 8.32 Å². The van der Waals surface area contributed by atoms with Crippen molar-refractivity contribution >= 4 is 20.6 Å². The van der Waals surface area contributed by atoms with E-state index in [4.69, 9.17) is 9.53 Å². The van der Waals surface area contributed by atoms with Crippen LogP contribution >= 0.6 is 0 Å². The van der Waals surface area contributed by atoms with Gasteiger partial charge in [-0.3, -0.25) is 9.59 Å². The molecule has 0 saturated heterocycles. The molecule has 0 radical (unpaired) electrons. The zero-order valence-corrected chi connectivity index (χ0v) is 12.6. The van der Waals surface area contributed by atoms with E-state index < -0.39 is 26.3 Å². The third-order valence-corrected chi connectivity index (χ3v) is 4.23. The van der Waals surface area contributed by atoms with E-state index in [2.05, 4.69) is 0 Å². The Hall–Kier alpha value is -0.983. The van der Waals surface area contributed by atoms with Crippen LogP contribution in [0.15, 0.2) is 12.2 Å². The molecule has 4 atom stereocenters. The lowest BCUT2D eigenvalue weighted by Gasteiger charge is -2.27. The van der Waals surface area contributed by atoms with E-state index >= 15 is 0 Å². The Morgan fingerprint density at radius 3 is 2.53 bits per heavy atom. The van der Waals surface area contributed by atoms with E-state index in [1.165, 1.54) is 6.08 Å². The van der Waals surface area contributed by atoms with Crippen molar-refractivity contribution in [1.29, 1.82) is 0 Å². The number of aldehydes is 1. The second-order valence-electron chi connectivity index (χ2n) is 5.93. The summed E-state index contributed by atoms with van der Waals surface area (Å²) in [5, 5.41) is 18.9. The number of hydrogen-bond acceptors (Lipinski definition) is 4. The Labute approximate surface area is 114 Å². The second-order valence-corrected chi connectivity index (χ2v) is 10.4. The minimum absolute atomic E-state index is 0.111. The molecule has 108 valence electrons. The highest BCUT2D eigenvalue weighted by molar-refractivity contribution is 6.69. The Kier molecular flexibility index (Phi) is 5.46. The standard InChI is InChI=1S/C13H22O5Si/c1-19(2,3)18-12-8-11(15)10(7-13(16)17)9(12)5-4-6-14/h4-6,9-12,15H,7-8H2,1-3H3,(H,16,17)/t9-,10-,11+,12-/m0/s1. The molecule has 1 fully saturated rings. The maximum atomic E-state index is 10.9. The summed E-state index contributed by atoms with van der Waals surface area (Å²) in [6, 6.07) is 0. The van der Waals surface area contributed by atoms with Crippen molar-refractivity contribution in [3.8, 4) is 0 Å². The zero-order valence-electron chi connectivity index (χ0n) is 11.6. The fourth-order valence-electron chi connectivity index (χ4n) is 2.60. The SMILES string of the molecule is C[Si](C)(C)O[C@H]1C[C@@H](O)[C@@H](CC(=O)O)[C@@H]1C=CC=O. The Morgan fingerprint density at radius 1 is 1.42 bits per heavy atom. The average Bonchev–Trinajstić information content (AvgIpc) is 2.50. The van der Waals surface area contributed by atoms with Crippen molar-refractivity contribution in [1.82, 2.24) is 0 Å². The minimum atomic E-state index is -1.78. The van der Waals surface area contributed by atoms with E-state index in [0.29, 0.717) is 12.7 Å². The molecule has 0 amide bonds. The molecule has 1 rings (SSSR count). The van der Waals surface area contributed by atoms with Crippen LogP contribution in [0, 0.1) is 11.8 Å². The van der Waals surface area contributed by atoms with Gasteiger partial charge in [-0.05, 0) is 32.1 Å². The van der Waals surface area contributed by atoms with Crippen LogP contribution in [0.1, 0.15) is 12.8 Å². The van der Waals surface area contributed by atoms with Gasteiger partial charge in [-0.15, -0.1) is 0 Å². The van der Waals surface area contributed by atoms with Gasteiger partial charge in [0.1, 0.15) is 6.29 Å². The summed E-state index contributed by atoms with van der Waals surface area (Å²) >= 11 is 0. The van der Waals surface area contributed by atoms with Gasteiger partial charge in [-0.25, -0.2) is 0 Å². The number of aliphatic hydroxyl groups excluding tert-OH is 1. The van der Waals surface area contributed by atoms with E-state index in [0.717, 1.165) is 0 Å². The first-order valence-corrected chi connectivity index (χ1v) is 9.85. The number of allylic oxidation sites excluding steroid dienone is 1. The van der Waals surface area contributed by atoms with Crippen LogP contribution in [0.3, 0.4) is 0 Å². The molecule has 0 spiro atoms. The number of aliphatic hydroxyl groups is 1. The highest BCUT2D eigenvalue weighted by atomic mass is 28.4. The van der Waals surface area contributed by atoms with Gasteiger partial charge in [-0.2, -0.15) is 0 Å². The van der Waals surface area contributed by atoms with Gasteiger partial charge in [0, 0.05) is 11.8 Å². The van der Waals surface area contributed by atoms with Crippen LogP contribution in [0.4, 0.5) is 0 Å². The van der Waals surface area contributed by atoms with Crippen molar-refractivity contribution in [2.45, 2.75) is 44.7 Å². The Balaban J connectivity index is 2.89. The summed E-state index contributed by atoms with van der Waals surface area (Å²) in [4.78, 5) is 21.3. The molecule has 0 heterocycles. The lowest BCUT2D eigenvalue weighted by atomic mass is 9.90. The molecule has 1 saturated carbocycles. The quantitative estimate of drug-likeness (QED) is 0.438. The molecular weight excluding hydrogens is 264 g/mol. The Morgan fingerprint density at radius 2 is 2.05 bits per heavy atom.